The number of hydrogen-bond acceptors (Lipinski definition) is 4. The van der Waals surface area contributed by atoms with Crippen molar-refractivity contribution < 1.29 is 27.4 Å². The summed E-state index contributed by atoms with van der Waals surface area (Å²) >= 11 is 9.24. The Morgan fingerprint density at radius 1 is 1.14 bits per heavy atom. The third-order valence-electron chi connectivity index (χ3n) is 7.72. The van der Waals surface area contributed by atoms with Crippen LogP contribution in [-0.2, 0) is 15.1 Å². The highest BCUT2D eigenvalue weighted by molar-refractivity contribution is 9.10. The Bertz CT molecular complexity index is 1090. The standard InChI is InChI=1S/C26H29BrClF3N2O3/c1-35-22-6-4-3-5-20(22)21-16-32-10-7-24(21)8-11-33(12-9-24)23(34)25(36-2,26(29,30)31)17-13-18(27)15-19(28)14-17/h3-6,13-15,21,32H,7-12,16H2,1-2H3. The molecule has 2 atom stereocenters. The van der Waals surface area contributed by atoms with E-state index in [-0.39, 0.29) is 35.0 Å². The molecule has 10 heteroatoms. The fourth-order valence-corrected chi connectivity index (χ4v) is 6.69. The monoisotopic (exact) mass is 588 g/mol. The van der Waals surface area contributed by atoms with Gasteiger partial charge in [-0.25, -0.2) is 0 Å². The number of alkyl halides is 3. The Morgan fingerprint density at radius 2 is 1.83 bits per heavy atom. The maximum atomic E-state index is 14.6. The van der Waals surface area contributed by atoms with Crippen LogP contribution < -0.4 is 10.1 Å². The number of benzene rings is 2. The Hall–Kier alpha value is -1.81. The summed E-state index contributed by atoms with van der Waals surface area (Å²) in [6.07, 6.45) is -2.96. The lowest BCUT2D eigenvalue weighted by atomic mass is 9.62. The van der Waals surface area contributed by atoms with Crippen LogP contribution in [-0.4, -0.2) is 57.4 Å². The van der Waals surface area contributed by atoms with Gasteiger partial charge >= 0.3 is 6.18 Å². The molecule has 2 aliphatic heterocycles. The first-order chi connectivity index (χ1) is 17.1. The zero-order valence-corrected chi connectivity index (χ0v) is 22.5. The van der Waals surface area contributed by atoms with Crippen molar-refractivity contribution >= 4 is 33.4 Å². The van der Waals surface area contributed by atoms with Gasteiger partial charge in [0.15, 0.2) is 0 Å². The largest absolute Gasteiger partial charge is 0.496 e. The van der Waals surface area contributed by atoms with Crippen molar-refractivity contribution in [3.8, 4) is 5.75 Å². The van der Waals surface area contributed by atoms with Crippen LogP contribution in [0.1, 0.15) is 36.3 Å². The summed E-state index contributed by atoms with van der Waals surface area (Å²) in [4.78, 5) is 14.9. The molecule has 1 amide bonds. The maximum absolute atomic E-state index is 14.6. The molecule has 0 radical (unpaired) electrons. The second-order valence-corrected chi connectivity index (χ2v) is 10.8. The van der Waals surface area contributed by atoms with Gasteiger partial charge in [0.2, 0.25) is 0 Å². The number of carbonyl (C=O) groups excluding carboxylic acids is 1. The van der Waals surface area contributed by atoms with Crippen molar-refractivity contribution in [1.82, 2.24) is 10.2 Å². The first kappa shape index (κ1) is 27.2. The van der Waals surface area contributed by atoms with Gasteiger partial charge in [-0.1, -0.05) is 45.7 Å². The van der Waals surface area contributed by atoms with E-state index in [2.05, 4.69) is 21.2 Å². The van der Waals surface area contributed by atoms with E-state index in [1.807, 2.05) is 24.3 Å². The van der Waals surface area contributed by atoms with Crippen molar-refractivity contribution in [2.75, 3.05) is 40.4 Å². The van der Waals surface area contributed by atoms with Gasteiger partial charge in [-0.15, -0.1) is 0 Å². The summed E-state index contributed by atoms with van der Waals surface area (Å²) in [6.45, 7) is 1.97. The Labute approximate surface area is 222 Å². The van der Waals surface area contributed by atoms with Gasteiger partial charge < -0.3 is 19.7 Å². The first-order valence-corrected chi connectivity index (χ1v) is 13.0. The molecule has 2 heterocycles. The lowest BCUT2D eigenvalue weighted by Gasteiger charge is -2.51. The number of ether oxygens (including phenoxy) is 2. The first-order valence-electron chi connectivity index (χ1n) is 11.8. The van der Waals surface area contributed by atoms with E-state index in [1.165, 1.54) is 17.0 Å². The molecule has 2 unspecified atom stereocenters. The number of piperidine rings is 2. The van der Waals surface area contributed by atoms with Crippen molar-refractivity contribution in [3.05, 3.63) is 63.1 Å². The second kappa shape index (κ2) is 10.5. The maximum Gasteiger partial charge on any atom is 0.430 e. The van der Waals surface area contributed by atoms with Crippen LogP contribution in [0, 0.1) is 5.41 Å². The van der Waals surface area contributed by atoms with E-state index in [0.717, 1.165) is 44.0 Å². The molecule has 1 N–H and O–H groups in total. The second-order valence-electron chi connectivity index (χ2n) is 9.44. The van der Waals surface area contributed by atoms with E-state index in [9.17, 15) is 18.0 Å². The zero-order chi connectivity index (χ0) is 26.1. The number of carbonyl (C=O) groups is 1. The topological polar surface area (TPSA) is 50.8 Å². The number of hydrogen-bond donors (Lipinski definition) is 1. The number of nitrogens with one attached hydrogen (secondary N) is 1. The number of likely N-dealkylation sites (tertiary alicyclic amines) is 1. The van der Waals surface area contributed by atoms with Gasteiger partial charge in [-0.2, -0.15) is 13.2 Å². The minimum Gasteiger partial charge on any atom is -0.496 e. The fourth-order valence-electron chi connectivity index (χ4n) is 5.83. The highest BCUT2D eigenvalue weighted by atomic mass is 79.9. The third-order valence-corrected chi connectivity index (χ3v) is 8.40. The van der Waals surface area contributed by atoms with Gasteiger partial charge in [-0.3, -0.25) is 4.79 Å². The van der Waals surface area contributed by atoms with Crippen molar-refractivity contribution in [3.63, 3.8) is 0 Å². The van der Waals surface area contributed by atoms with E-state index in [1.54, 1.807) is 7.11 Å². The Morgan fingerprint density at radius 3 is 2.44 bits per heavy atom. The molecule has 1 spiro atoms. The van der Waals surface area contributed by atoms with E-state index < -0.39 is 17.7 Å². The molecule has 2 aliphatic rings. The molecule has 2 aromatic rings. The van der Waals surface area contributed by atoms with Gasteiger partial charge in [0, 0.05) is 47.7 Å². The summed E-state index contributed by atoms with van der Waals surface area (Å²) in [5, 5.41) is 3.53. The van der Waals surface area contributed by atoms with Crippen molar-refractivity contribution in [2.24, 2.45) is 5.41 Å². The molecule has 5 nitrogen and oxygen atoms in total. The molecule has 196 valence electrons. The van der Waals surface area contributed by atoms with Crippen LogP contribution in [0.5, 0.6) is 5.75 Å². The molecule has 36 heavy (non-hydrogen) atoms. The summed E-state index contributed by atoms with van der Waals surface area (Å²) in [7, 11) is 2.55. The van der Waals surface area contributed by atoms with Crippen LogP contribution >= 0.6 is 27.5 Å². The highest BCUT2D eigenvalue weighted by Crippen LogP contribution is 2.52. The molecule has 0 bridgehead atoms. The normalized spacial score (nSPS) is 21.8. The van der Waals surface area contributed by atoms with E-state index in [4.69, 9.17) is 21.1 Å². The predicted octanol–water partition coefficient (Wildman–Crippen LogP) is 5.90. The Balaban J connectivity index is 1.64. The third kappa shape index (κ3) is 4.75. The van der Waals surface area contributed by atoms with Gasteiger partial charge in [0.25, 0.3) is 11.5 Å². The summed E-state index contributed by atoms with van der Waals surface area (Å²) < 4.78 is 54.8. The quantitative estimate of drug-likeness (QED) is 0.472. The lowest BCUT2D eigenvalue weighted by molar-refractivity contribution is -0.271. The number of halogens is 5. The number of methoxy groups -OCH3 is 2. The summed E-state index contributed by atoms with van der Waals surface area (Å²) in [5.41, 5.74) is -2.57. The van der Waals surface area contributed by atoms with Crippen LogP contribution in [0.4, 0.5) is 13.2 Å². The fraction of sp³-hybridized carbons (Fsp3) is 0.500. The molecule has 0 aliphatic carbocycles. The van der Waals surface area contributed by atoms with Crippen LogP contribution in [0.3, 0.4) is 0 Å². The molecule has 2 aromatic carbocycles. The average molecular weight is 590 g/mol. The molecule has 2 fully saturated rings. The van der Waals surface area contributed by atoms with Crippen LogP contribution in [0.25, 0.3) is 0 Å². The zero-order valence-electron chi connectivity index (χ0n) is 20.1. The predicted molar refractivity (Wildman–Crippen MR) is 135 cm³/mol. The molecular formula is C26H29BrClF3N2O3. The summed E-state index contributed by atoms with van der Waals surface area (Å²) in [5.74, 6) is -0.200. The smallest absolute Gasteiger partial charge is 0.430 e. The van der Waals surface area contributed by atoms with Gasteiger partial charge in [0.05, 0.1) is 7.11 Å². The van der Waals surface area contributed by atoms with E-state index in [0.29, 0.717) is 17.3 Å². The molecule has 0 saturated carbocycles. The number of para-hydroxylation sites is 1. The lowest BCUT2D eigenvalue weighted by Crippen LogP contribution is -2.59. The molecule has 4 rings (SSSR count). The van der Waals surface area contributed by atoms with Crippen LogP contribution in [0.2, 0.25) is 5.02 Å². The van der Waals surface area contributed by atoms with E-state index >= 15 is 0 Å². The van der Waals surface area contributed by atoms with Crippen molar-refractivity contribution in [2.45, 2.75) is 37.0 Å². The SMILES string of the molecule is COc1ccccc1C1CNCCC12CCN(C(=O)C(OC)(c1cc(Cl)cc(Br)c1)C(F)(F)F)CC2. The van der Waals surface area contributed by atoms with Gasteiger partial charge in [0.1, 0.15) is 5.75 Å². The molecule has 0 aromatic heterocycles. The minimum absolute atomic E-state index is 0.0739. The number of nitrogens with zero attached hydrogens (tertiary/aromatic N) is 1. The molecular weight excluding hydrogens is 561 g/mol. The highest BCUT2D eigenvalue weighted by Gasteiger charge is 2.64. The average Bonchev–Trinajstić information content (AvgIpc) is 2.84. The number of amides is 1. The molecule has 2 saturated heterocycles. The van der Waals surface area contributed by atoms with Crippen LogP contribution in [0.15, 0.2) is 46.9 Å². The van der Waals surface area contributed by atoms with Crippen molar-refractivity contribution in [1.29, 1.82) is 0 Å². The minimum atomic E-state index is -4.99. The van der Waals surface area contributed by atoms with Gasteiger partial charge in [-0.05, 0) is 61.1 Å². The number of rotatable bonds is 5. The Kier molecular flexibility index (Phi) is 7.95. The summed E-state index contributed by atoms with van der Waals surface area (Å²) in [6, 6.07) is 11.7.